The lowest BCUT2D eigenvalue weighted by molar-refractivity contribution is -0.153. The lowest BCUT2D eigenvalue weighted by atomic mass is 10.0. The number of alkyl halides is 3. The highest BCUT2D eigenvalue weighted by Crippen LogP contribution is 2.31. The highest BCUT2D eigenvalue weighted by molar-refractivity contribution is 5.76. The molecule has 0 saturated carbocycles. The normalized spacial score (nSPS) is 20.9. The molecule has 0 aliphatic carbocycles. The van der Waals surface area contributed by atoms with E-state index in [1.54, 1.807) is 23.5 Å². The summed E-state index contributed by atoms with van der Waals surface area (Å²) in [6, 6.07) is 1.87. The van der Waals surface area contributed by atoms with Gasteiger partial charge in [-0.25, -0.2) is 0 Å². The number of nitrogens with zero attached hydrogens (tertiary/aromatic N) is 3. The van der Waals surface area contributed by atoms with Crippen LogP contribution in [0.3, 0.4) is 0 Å². The first-order chi connectivity index (χ1) is 13.3. The molecular formula is C18H21F3N4O3. The SMILES string of the molecule is O=C(CCc1cnccn1)N[C@H]1C[C@@H](O)CN(Cc2ccc(C(F)(F)F)o2)C1. The summed E-state index contributed by atoms with van der Waals surface area (Å²) in [5, 5.41) is 12.9. The Morgan fingerprint density at radius 2 is 2.14 bits per heavy atom. The molecule has 1 aliphatic rings. The lowest BCUT2D eigenvalue weighted by Crippen LogP contribution is -2.52. The van der Waals surface area contributed by atoms with E-state index < -0.39 is 18.0 Å². The summed E-state index contributed by atoms with van der Waals surface area (Å²) in [5.41, 5.74) is 0.709. The van der Waals surface area contributed by atoms with Crippen molar-refractivity contribution in [3.63, 3.8) is 0 Å². The maximum absolute atomic E-state index is 12.6. The second kappa shape index (κ2) is 8.70. The first kappa shape index (κ1) is 20.3. The van der Waals surface area contributed by atoms with E-state index in [1.807, 2.05) is 0 Å². The molecule has 0 spiro atoms. The van der Waals surface area contributed by atoms with Crippen LogP contribution in [-0.4, -0.2) is 51.1 Å². The molecule has 3 heterocycles. The maximum Gasteiger partial charge on any atom is 0.449 e. The zero-order chi connectivity index (χ0) is 20.1. The fourth-order valence-corrected chi connectivity index (χ4v) is 3.23. The summed E-state index contributed by atoms with van der Waals surface area (Å²) in [6.07, 6.45) is 0.566. The number of aliphatic hydroxyl groups is 1. The number of piperidine rings is 1. The fraction of sp³-hybridized carbons (Fsp3) is 0.500. The molecule has 0 bridgehead atoms. The molecule has 28 heavy (non-hydrogen) atoms. The number of β-amino-alcohol motifs (C(OH)–C–C–N with tert-alkyl or cyclic N) is 1. The van der Waals surface area contributed by atoms with Crippen molar-refractivity contribution in [1.82, 2.24) is 20.2 Å². The predicted molar refractivity (Wildman–Crippen MR) is 91.9 cm³/mol. The van der Waals surface area contributed by atoms with E-state index in [-0.39, 0.29) is 30.7 Å². The van der Waals surface area contributed by atoms with E-state index in [2.05, 4.69) is 15.3 Å². The third-order valence-corrected chi connectivity index (χ3v) is 4.41. The van der Waals surface area contributed by atoms with Gasteiger partial charge in [0.25, 0.3) is 0 Å². The van der Waals surface area contributed by atoms with Crippen molar-refractivity contribution in [3.8, 4) is 0 Å². The Morgan fingerprint density at radius 3 is 2.82 bits per heavy atom. The van der Waals surface area contributed by atoms with Crippen LogP contribution in [0.5, 0.6) is 0 Å². The summed E-state index contributed by atoms with van der Waals surface area (Å²) in [4.78, 5) is 22.0. The van der Waals surface area contributed by atoms with Gasteiger partial charge >= 0.3 is 6.18 Å². The monoisotopic (exact) mass is 398 g/mol. The van der Waals surface area contributed by atoms with E-state index in [9.17, 15) is 23.1 Å². The van der Waals surface area contributed by atoms with Crippen LogP contribution in [0.25, 0.3) is 0 Å². The number of carbonyl (C=O) groups excluding carboxylic acids is 1. The molecule has 1 saturated heterocycles. The van der Waals surface area contributed by atoms with Gasteiger partial charge in [0.15, 0.2) is 0 Å². The summed E-state index contributed by atoms with van der Waals surface area (Å²) >= 11 is 0. The van der Waals surface area contributed by atoms with Crippen LogP contribution in [0.15, 0.2) is 35.1 Å². The molecule has 7 nitrogen and oxygen atoms in total. The molecule has 0 aromatic carbocycles. The number of nitrogens with one attached hydrogen (secondary N) is 1. The average molecular weight is 398 g/mol. The molecule has 1 fully saturated rings. The van der Waals surface area contributed by atoms with Gasteiger partial charge in [-0.05, 0) is 25.0 Å². The molecule has 0 unspecified atom stereocenters. The second-order valence-corrected chi connectivity index (χ2v) is 6.81. The molecule has 152 valence electrons. The molecule has 2 aromatic rings. The van der Waals surface area contributed by atoms with Crippen LogP contribution < -0.4 is 5.32 Å². The first-order valence-corrected chi connectivity index (χ1v) is 8.90. The van der Waals surface area contributed by atoms with Crippen molar-refractivity contribution in [2.45, 2.75) is 44.1 Å². The number of aryl methyl sites for hydroxylation is 1. The Balaban J connectivity index is 1.51. The third kappa shape index (κ3) is 5.77. The Hall–Kier alpha value is -2.46. The summed E-state index contributed by atoms with van der Waals surface area (Å²) in [5.74, 6) is -1.06. The van der Waals surface area contributed by atoms with E-state index in [0.29, 0.717) is 31.6 Å². The van der Waals surface area contributed by atoms with E-state index in [1.165, 1.54) is 6.07 Å². The topological polar surface area (TPSA) is 91.5 Å². The number of furan rings is 1. The molecule has 0 radical (unpaired) electrons. The van der Waals surface area contributed by atoms with Gasteiger partial charge in [-0.15, -0.1) is 0 Å². The average Bonchev–Trinajstić information content (AvgIpc) is 3.09. The highest BCUT2D eigenvalue weighted by atomic mass is 19.4. The van der Waals surface area contributed by atoms with Gasteiger partial charge in [-0.3, -0.25) is 19.7 Å². The standard InChI is InChI=1S/C18H21F3N4O3/c19-18(20,21)16-3-2-15(28-16)11-25-9-13(7-14(26)10-25)24-17(27)4-1-12-8-22-5-6-23-12/h2-3,5-6,8,13-14,26H,1,4,7,9-11H2,(H,24,27)/t13-,14+/m0/s1. The van der Waals surface area contributed by atoms with Crippen molar-refractivity contribution < 1.29 is 27.5 Å². The number of hydrogen-bond acceptors (Lipinski definition) is 6. The van der Waals surface area contributed by atoms with Crippen molar-refractivity contribution in [1.29, 1.82) is 0 Å². The molecule has 10 heteroatoms. The maximum atomic E-state index is 12.6. The Morgan fingerprint density at radius 1 is 1.32 bits per heavy atom. The molecule has 2 atom stereocenters. The van der Waals surface area contributed by atoms with Gasteiger partial charge in [0.1, 0.15) is 5.76 Å². The van der Waals surface area contributed by atoms with Gasteiger partial charge in [-0.2, -0.15) is 13.2 Å². The predicted octanol–water partition coefficient (Wildman–Crippen LogP) is 1.77. The first-order valence-electron chi connectivity index (χ1n) is 8.90. The zero-order valence-electron chi connectivity index (χ0n) is 15.0. The van der Waals surface area contributed by atoms with Crippen molar-refractivity contribution in [2.75, 3.05) is 13.1 Å². The summed E-state index contributed by atoms with van der Waals surface area (Å²) < 4.78 is 42.8. The van der Waals surface area contributed by atoms with Crippen molar-refractivity contribution in [3.05, 3.63) is 47.9 Å². The number of amides is 1. The number of aromatic nitrogens is 2. The minimum Gasteiger partial charge on any atom is -0.455 e. The quantitative estimate of drug-likeness (QED) is 0.771. The molecular weight excluding hydrogens is 377 g/mol. The minimum absolute atomic E-state index is 0.124. The fourth-order valence-electron chi connectivity index (χ4n) is 3.23. The van der Waals surface area contributed by atoms with Crippen molar-refractivity contribution in [2.24, 2.45) is 0 Å². The van der Waals surface area contributed by atoms with Gasteiger partial charge in [0.2, 0.25) is 11.7 Å². The van der Waals surface area contributed by atoms with Crippen LogP contribution in [0.1, 0.15) is 30.1 Å². The van der Waals surface area contributed by atoms with Crippen LogP contribution in [0.2, 0.25) is 0 Å². The zero-order valence-corrected chi connectivity index (χ0v) is 15.0. The Kier molecular flexibility index (Phi) is 6.30. The van der Waals surface area contributed by atoms with Gasteiger partial charge in [-0.1, -0.05) is 0 Å². The lowest BCUT2D eigenvalue weighted by Gasteiger charge is -2.35. The van der Waals surface area contributed by atoms with Crippen LogP contribution >= 0.6 is 0 Å². The Labute approximate surface area is 159 Å². The number of halogens is 3. The van der Waals surface area contributed by atoms with Crippen molar-refractivity contribution >= 4 is 5.91 Å². The van der Waals surface area contributed by atoms with Gasteiger partial charge < -0.3 is 14.8 Å². The number of carbonyl (C=O) groups is 1. The van der Waals surface area contributed by atoms with Gasteiger partial charge in [0.05, 0.1) is 18.3 Å². The molecule has 2 N–H and O–H groups in total. The molecule has 1 aliphatic heterocycles. The van der Waals surface area contributed by atoms with Gasteiger partial charge in [0, 0.05) is 44.1 Å². The highest BCUT2D eigenvalue weighted by Gasteiger charge is 2.35. The van der Waals surface area contributed by atoms with Crippen LogP contribution in [0.4, 0.5) is 13.2 Å². The molecule has 1 amide bonds. The summed E-state index contributed by atoms with van der Waals surface area (Å²) in [6.45, 7) is 0.836. The number of aliphatic hydroxyl groups excluding tert-OH is 1. The Bertz CT molecular complexity index is 782. The van der Waals surface area contributed by atoms with Crippen LogP contribution in [0, 0.1) is 0 Å². The smallest absolute Gasteiger partial charge is 0.449 e. The number of hydrogen-bond donors (Lipinski definition) is 2. The van der Waals surface area contributed by atoms with E-state index in [4.69, 9.17) is 4.42 Å². The van der Waals surface area contributed by atoms with E-state index in [0.717, 1.165) is 6.07 Å². The van der Waals surface area contributed by atoms with E-state index >= 15 is 0 Å². The third-order valence-electron chi connectivity index (χ3n) is 4.41. The summed E-state index contributed by atoms with van der Waals surface area (Å²) in [7, 11) is 0. The number of rotatable bonds is 6. The molecule has 3 rings (SSSR count). The second-order valence-electron chi connectivity index (χ2n) is 6.81. The minimum atomic E-state index is -4.53. The largest absolute Gasteiger partial charge is 0.455 e. The molecule has 2 aromatic heterocycles. The van der Waals surface area contributed by atoms with Crippen LogP contribution in [-0.2, 0) is 23.9 Å². The number of likely N-dealkylation sites (tertiary alicyclic amines) is 1.